The second kappa shape index (κ2) is 14.3. The van der Waals surface area contributed by atoms with Crippen molar-refractivity contribution in [1.82, 2.24) is 9.80 Å². The lowest BCUT2D eigenvalue weighted by molar-refractivity contribution is -0.132. The van der Waals surface area contributed by atoms with E-state index in [-0.39, 0.29) is 18.5 Å². The molecule has 0 unspecified atom stereocenters. The topological polar surface area (TPSA) is 75.0 Å². The summed E-state index contributed by atoms with van der Waals surface area (Å²) in [5.74, 6) is 1.34. The number of furan rings is 1. The molecule has 2 aromatic carbocycles. The molecule has 0 saturated heterocycles. The molecule has 0 aliphatic rings. The highest BCUT2D eigenvalue weighted by molar-refractivity contribution is 6.30. The second-order valence-corrected chi connectivity index (χ2v) is 8.91. The van der Waals surface area contributed by atoms with E-state index < -0.39 is 0 Å². The Morgan fingerprint density at radius 2 is 1.81 bits per heavy atom. The normalized spacial score (nSPS) is 10.8. The summed E-state index contributed by atoms with van der Waals surface area (Å²) in [5, 5.41) is 3.37. The van der Waals surface area contributed by atoms with E-state index in [9.17, 15) is 9.59 Å². The molecule has 1 heterocycles. The highest BCUT2D eigenvalue weighted by Gasteiger charge is 2.22. The number of benzene rings is 2. The third-order valence-corrected chi connectivity index (χ3v) is 5.85. The fourth-order valence-electron chi connectivity index (χ4n) is 3.75. The van der Waals surface area contributed by atoms with Crippen LogP contribution in [-0.2, 0) is 22.5 Å². The minimum atomic E-state index is -0.362. The molecular formula is C28H34ClN3O4. The van der Waals surface area contributed by atoms with Gasteiger partial charge in [-0.05, 0) is 62.6 Å². The number of hydrogen-bond donors (Lipinski definition) is 1. The lowest BCUT2D eigenvalue weighted by atomic mass is 10.1. The van der Waals surface area contributed by atoms with E-state index in [0.717, 1.165) is 11.3 Å². The van der Waals surface area contributed by atoms with E-state index in [1.54, 1.807) is 29.2 Å². The van der Waals surface area contributed by atoms with Gasteiger partial charge in [-0.1, -0.05) is 48.0 Å². The van der Waals surface area contributed by atoms with Gasteiger partial charge >= 0.3 is 6.03 Å². The average Bonchev–Trinajstić information content (AvgIpc) is 3.28. The van der Waals surface area contributed by atoms with Crippen molar-refractivity contribution in [1.29, 1.82) is 0 Å². The summed E-state index contributed by atoms with van der Waals surface area (Å²) in [5.41, 5.74) is 1.71. The number of carbonyl (C=O) groups excluding carboxylic acids is 2. The number of anilines is 1. The zero-order valence-electron chi connectivity index (χ0n) is 20.9. The number of aryl methyl sites for hydroxylation is 1. The minimum absolute atomic E-state index is 0.0625. The molecule has 0 fully saturated rings. The van der Waals surface area contributed by atoms with Crippen molar-refractivity contribution in [2.45, 2.75) is 33.2 Å². The number of nitrogens with one attached hydrogen (secondary N) is 1. The molecule has 8 heteroatoms. The van der Waals surface area contributed by atoms with Crippen LogP contribution in [0, 0.1) is 6.92 Å². The van der Waals surface area contributed by atoms with E-state index in [4.69, 9.17) is 20.8 Å². The second-order valence-electron chi connectivity index (χ2n) is 8.48. The number of nitrogens with zero attached hydrogens (tertiary/aromatic N) is 2. The molecule has 0 aliphatic heterocycles. The minimum Gasteiger partial charge on any atom is -0.464 e. The zero-order chi connectivity index (χ0) is 25.8. The summed E-state index contributed by atoms with van der Waals surface area (Å²) < 4.78 is 11.2. The lowest BCUT2D eigenvalue weighted by Gasteiger charge is -2.27. The van der Waals surface area contributed by atoms with E-state index in [2.05, 4.69) is 5.32 Å². The maximum absolute atomic E-state index is 13.5. The Bertz CT molecular complexity index is 1100. The first-order valence-electron chi connectivity index (χ1n) is 12.2. The summed E-state index contributed by atoms with van der Waals surface area (Å²) in [6, 6.07) is 20.3. The monoisotopic (exact) mass is 511 g/mol. The Balaban J connectivity index is 1.72. The Morgan fingerprint density at radius 1 is 1.00 bits per heavy atom. The van der Waals surface area contributed by atoms with Crippen LogP contribution < -0.4 is 5.32 Å². The van der Waals surface area contributed by atoms with Crippen molar-refractivity contribution in [2.24, 2.45) is 0 Å². The van der Waals surface area contributed by atoms with Gasteiger partial charge in [0.05, 0.1) is 6.54 Å². The smallest absolute Gasteiger partial charge is 0.322 e. The number of urea groups is 1. The molecule has 0 bridgehead atoms. The summed E-state index contributed by atoms with van der Waals surface area (Å²) in [6.45, 7) is 6.07. The maximum Gasteiger partial charge on any atom is 0.322 e. The SMILES string of the molecule is CCOCCCN(CC(=O)N(CCc1ccccc1)Cc1ccc(C)o1)C(=O)Nc1cccc(Cl)c1. The number of halogens is 1. The lowest BCUT2D eigenvalue weighted by Crippen LogP contribution is -2.45. The summed E-state index contributed by atoms with van der Waals surface area (Å²) in [7, 11) is 0. The molecule has 192 valence electrons. The molecular weight excluding hydrogens is 478 g/mol. The van der Waals surface area contributed by atoms with Crippen LogP contribution >= 0.6 is 11.6 Å². The molecule has 0 saturated carbocycles. The molecule has 1 N–H and O–H groups in total. The molecule has 3 amide bonds. The molecule has 36 heavy (non-hydrogen) atoms. The fraction of sp³-hybridized carbons (Fsp3) is 0.357. The van der Waals surface area contributed by atoms with Crippen molar-refractivity contribution in [2.75, 3.05) is 38.2 Å². The molecule has 0 spiro atoms. The average molecular weight is 512 g/mol. The van der Waals surface area contributed by atoms with Crippen LogP contribution in [0.3, 0.4) is 0 Å². The van der Waals surface area contributed by atoms with Gasteiger partial charge in [0, 0.05) is 37.0 Å². The Hall–Kier alpha value is -3.29. The van der Waals surface area contributed by atoms with Crippen LogP contribution in [-0.4, -0.2) is 54.6 Å². The summed E-state index contributed by atoms with van der Waals surface area (Å²) in [4.78, 5) is 29.9. The highest BCUT2D eigenvalue weighted by Crippen LogP contribution is 2.16. The molecule has 1 aromatic heterocycles. The highest BCUT2D eigenvalue weighted by atomic mass is 35.5. The predicted octanol–water partition coefficient (Wildman–Crippen LogP) is 5.77. The Kier molecular flexibility index (Phi) is 10.9. The van der Waals surface area contributed by atoms with Gasteiger partial charge in [-0.15, -0.1) is 0 Å². The van der Waals surface area contributed by atoms with Crippen molar-refractivity contribution < 1.29 is 18.7 Å². The first-order chi connectivity index (χ1) is 17.4. The van der Waals surface area contributed by atoms with Gasteiger partial charge in [0.25, 0.3) is 0 Å². The molecule has 0 radical (unpaired) electrons. The standard InChI is InChI=1S/C28H34ClN3O4/c1-3-35-18-8-16-32(28(34)30-25-12-7-11-24(29)19-25)21-27(33)31(20-26-14-13-22(2)36-26)17-15-23-9-5-4-6-10-23/h4-7,9-14,19H,3,8,15-18,20-21H2,1-2H3,(H,30,34). The quantitative estimate of drug-likeness (QED) is 0.295. The van der Waals surface area contributed by atoms with Crippen molar-refractivity contribution >= 4 is 29.2 Å². The molecule has 7 nitrogen and oxygen atoms in total. The largest absolute Gasteiger partial charge is 0.464 e. The van der Waals surface area contributed by atoms with Crippen molar-refractivity contribution in [3.05, 3.63) is 88.8 Å². The molecule has 0 aliphatic carbocycles. The molecule has 3 aromatic rings. The van der Waals surface area contributed by atoms with Crippen LogP contribution in [0.2, 0.25) is 5.02 Å². The number of carbonyl (C=O) groups is 2. The van der Waals surface area contributed by atoms with Crippen LogP contribution in [0.1, 0.15) is 30.4 Å². The predicted molar refractivity (Wildman–Crippen MR) is 142 cm³/mol. The third kappa shape index (κ3) is 9.06. The van der Waals surface area contributed by atoms with Gasteiger partial charge in [0.2, 0.25) is 5.91 Å². The number of hydrogen-bond acceptors (Lipinski definition) is 4. The number of ether oxygens (including phenoxy) is 1. The van der Waals surface area contributed by atoms with E-state index in [1.807, 2.05) is 56.3 Å². The van der Waals surface area contributed by atoms with Crippen molar-refractivity contribution in [3.63, 3.8) is 0 Å². The van der Waals surface area contributed by atoms with E-state index in [0.29, 0.717) is 62.2 Å². The van der Waals surface area contributed by atoms with E-state index in [1.165, 1.54) is 4.90 Å². The van der Waals surface area contributed by atoms with Gasteiger partial charge in [-0.2, -0.15) is 0 Å². The van der Waals surface area contributed by atoms with Gasteiger partial charge in [-0.3, -0.25) is 4.79 Å². The zero-order valence-corrected chi connectivity index (χ0v) is 21.7. The first-order valence-corrected chi connectivity index (χ1v) is 12.6. The third-order valence-electron chi connectivity index (χ3n) is 5.62. The van der Waals surface area contributed by atoms with Crippen LogP contribution in [0.15, 0.2) is 71.1 Å². The first kappa shape index (κ1) is 27.3. The van der Waals surface area contributed by atoms with Gasteiger partial charge < -0.3 is 24.3 Å². The van der Waals surface area contributed by atoms with Crippen LogP contribution in [0.5, 0.6) is 0 Å². The number of amides is 3. The number of rotatable bonds is 13. The maximum atomic E-state index is 13.5. The van der Waals surface area contributed by atoms with Gasteiger partial charge in [0.15, 0.2) is 0 Å². The molecule has 0 atom stereocenters. The van der Waals surface area contributed by atoms with Gasteiger partial charge in [-0.25, -0.2) is 4.79 Å². The Morgan fingerprint density at radius 3 is 2.50 bits per heavy atom. The van der Waals surface area contributed by atoms with Gasteiger partial charge in [0.1, 0.15) is 18.1 Å². The molecule has 3 rings (SSSR count). The van der Waals surface area contributed by atoms with E-state index >= 15 is 0 Å². The summed E-state index contributed by atoms with van der Waals surface area (Å²) >= 11 is 6.07. The Labute approximate surface area is 218 Å². The summed E-state index contributed by atoms with van der Waals surface area (Å²) in [6.07, 6.45) is 1.32. The fourth-order valence-corrected chi connectivity index (χ4v) is 3.94. The van der Waals surface area contributed by atoms with Crippen LogP contribution in [0.4, 0.5) is 10.5 Å². The van der Waals surface area contributed by atoms with Crippen molar-refractivity contribution in [3.8, 4) is 0 Å². The van der Waals surface area contributed by atoms with Crippen LogP contribution in [0.25, 0.3) is 0 Å².